The van der Waals surface area contributed by atoms with E-state index in [1.165, 1.54) is 9.78 Å². The Bertz CT molecular complexity index is 658. The second-order valence-electron chi connectivity index (χ2n) is 4.96. The minimum atomic E-state index is -0.395. The zero-order valence-corrected chi connectivity index (χ0v) is 12.0. The van der Waals surface area contributed by atoms with Crippen molar-refractivity contribution in [3.05, 3.63) is 40.2 Å². The number of amides is 1. The van der Waals surface area contributed by atoms with Gasteiger partial charge in [-0.05, 0) is 17.7 Å². The van der Waals surface area contributed by atoms with Crippen LogP contribution in [0.5, 0.6) is 0 Å². The lowest BCUT2D eigenvalue weighted by Crippen LogP contribution is -3.08. The normalized spacial score (nSPS) is 18.4. The lowest BCUT2D eigenvalue weighted by Gasteiger charge is -2.19. The van der Waals surface area contributed by atoms with Crippen LogP contribution in [0.4, 0.5) is 5.00 Å². The van der Waals surface area contributed by atoms with Gasteiger partial charge in [0.25, 0.3) is 5.91 Å². The number of hydrogen-bond donors (Lipinski definition) is 2. The Balaban J connectivity index is 2.00. The summed E-state index contributed by atoms with van der Waals surface area (Å²) >= 11 is 1.55. The van der Waals surface area contributed by atoms with Crippen molar-refractivity contribution < 1.29 is 14.1 Å². The van der Waals surface area contributed by atoms with Gasteiger partial charge in [-0.3, -0.25) is 4.79 Å². The Morgan fingerprint density at radius 1 is 1.60 bits per heavy atom. The van der Waals surface area contributed by atoms with Gasteiger partial charge in [0.15, 0.2) is 0 Å². The van der Waals surface area contributed by atoms with Crippen molar-refractivity contribution in [2.75, 3.05) is 13.6 Å². The van der Waals surface area contributed by atoms with Gasteiger partial charge in [-0.15, -0.1) is 11.3 Å². The number of rotatable bonds is 3. The molecule has 3 rings (SSSR count). The fourth-order valence-electron chi connectivity index (χ4n) is 2.44. The molecule has 104 valence electrons. The Morgan fingerprint density at radius 3 is 3.15 bits per heavy atom. The summed E-state index contributed by atoms with van der Waals surface area (Å²) in [7, 11) is 2.15. The van der Waals surface area contributed by atoms with E-state index in [1.54, 1.807) is 29.9 Å². The number of furan rings is 1. The summed E-state index contributed by atoms with van der Waals surface area (Å²) in [6.45, 7) is 1.95. The highest BCUT2D eigenvalue weighted by molar-refractivity contribution is 7.16. The molecule has 0 bridgehead atoms. The molecule has 0 spiro atoms. The van der Waals surface area contributed by atoms with Crippen molar-refractivity contribution in [1.29, 1.82) is 0 Å². The molecular formula is C14H16N3O2S+. The third kappa shape index (κ3) is 2.39. The Labute approximate surface area is 120 Å². The number of quaternary nitrogens is 1. The van der Waals surface area contributed by atoms with Gasteiger partial charge < -0.3 is 15.1 Å². The first-order chi connectivity index (χ1) is 9.65. The number of hydrogen-bond acceptors (Lipinski definition) is 4. The van der Waals surface area contributed by atoms with E-state index < -0.39 is 5.91 Å². The average Bonchev–Trinajstić information content (AvgIpc) is 3.02. The standard InChI is InChI=1S/C14H15N3O2S/c1-17-5-4-10-11(8-17)20-14(12(10)13(15)18)16-7-9-3-2-6-19-9/h2-3,6-7H,4-5,8H2,1H3,(H2,15,18)/p+1. The molecule has 3 N–H and O–H groups in total. The van der Waals surface area contributed by atoms with E-state index in [9.17, 15) is 4.79 Å². The average molecular weight is 290 g/mol. The van der Waals surface area contributed by atoms with Crippen LogP contribution in [0.3, 0.4) is 0 Å². The lowest BCUT2D eigenvalue weighted by molar-refractivity contribution is -0.895. The van der Waals surface area contributed by atoms with Crippen LogP contribution in [0.2, 0.25) is 0 Å². The zero-order chi connectivity index (χ0) is 14.1. The van der Waals surface area contributed by atoms with Crippen molar-refractivity contribution in [1.82, 2.24) is 0 Å². The largest absolute Gasteiger partial charge is 0.463 e. The second kappa shape index (κ2) is 5.22. The van der Waals surface area contributed by atoms with Crippen molar-refractivity contribution in [2.24, 2.45) is 10.7 Å². The number of thiophene rings is 1. The van der Waals surface area contributed by atoms with Crippen LogP contribution < -0.4 is 10.6 Å². The van der Waals surface area contributed by atoms with Crippen LogP contribution in [0, 0.1) is 0 Å². The third-order valence-electron chi connectivity index (χ3n) is 3.43. The number of nitrogens with zero attached hydrogens (tertiary/aromatic N) is 1. The minimum Gasteiger partial charge on any atom is -0.463 e. The van der Waals surface area contributed by atoms with Crippen molar-refractivity contribution in [2.45, 2.75) is 13.0 Å². The molecule has 1 atom stereocenters. The van der Waals surface area contributed by atoms with Gasteiger partial charge in [-0.25, -0.2) is 4.99 Å². The van der Waals surface area contributed by atoms with Crippen LogP contribution in [-0.2, 0) is 13.0 Å². The zero-order valence-electron chi connectivity index (χ0n) is 11.2. The van der Waals surface area contributed by atoms with E-state index in [2.05, 4.69) is 12.0 Å². The maximum Gasteiger partial charge on any atom is 0.252 e. The second-order valence-corrected chi connectivity index (χ2v) is 6.04. The maximum atomic E-state index is 11.7. The van der Waals surface area contributed by atoms with Gasteiger partial charge in [0, 0.05) is 6.42 Å². The van der Waals surface area contributed by atoms with Gasteiger partial charge in [-0.2, -0.15) is 0 Å². The van der Waals surface area contributed by atoms with Crippen LogP contribution in [-0.4, -0.2) is 25.7 Å². The molecule has 5 nitrogen and oxygen atoms in total. The fourth-order valence-corrected chi connectivity index (χ4v) is 3.75. The van der Waals surface area contributed by atoms with Gasteiger partial charge >= 0.3 is 0 Å². The molecule has 1 aliphatic heterocycles. The number of carbonyl (C=O) groups excluding carboxylic acids is 1. The molecule has 0 radical (unpaired) electrons. The third-order valence-corrected chi connectivity index (χ3v) is 4.57. The Morgan fingerprint density at radius 2 is 2.45 bits per heavy atom. The van der Waals surface area contributed by atoms with Gasteiger partial charge in [0.05, 0.1) is 36.5 Å². The van der Waals surface area contributed by atoms with Gasteiger partial charge in [0.2, 0.25) is 0 Å². The molecule has 6 heteroatoms. The quantitative estimate of drug-likeness (QED) is 0.819. The van der Waals surface area contributed by atoms with E-state index >= 15 is 0 Å². The van der Waals surface area contributed by atoms with Crippen molar-refractivity contribution in [3.63, 3.8) is 0 Å². The first-order valence-electron chi connectivity index (χ1n) is 6.48. The summed E-state index contributed by atoms with van der Waals surface area (Å²) in [6.07, 6.45) is 4.10. The summed E-state index contributed by atoms with van der Waals surface area (Å²) in [5.74, 6) is 0.267. The molecule has 1 amide bonds. The van der Waals surface area contributed by atoms with E-state index in [0.29, 0.717) is 16.3 Å². The number of nitrogens with one attached hydrogen (secondary N) is 1. The molecule has 3 heterocycles. The first-order valence-corrected chi connectivity index (χ1v) is 7.30. The molecule has 1 unspecified atom stereocenters. The smallest absolute Gasteiger partial charge is 0.252 e. The number of primary amides is 1. The van der Waals surface area contributed by atoms with Crippen molar-refractivity contribution >= 4 is 28.5 Å². The maximum absolute atomic E-state index is 11.7. The Kier molecular flexibility index (Phi) is 3.42. The van der Waals surface area contributed by atoms with E-state index in [-0.39, 0.29) is 0 Å². The molecule has 2 aromatic heterocycles. The highest BCUT2D eigenvalue weighted by atomic mass is 32.1. The molecule has 0 aromatic carbocycles. The van der Waals surface area contributed by atoms with Crippen LogP contribution >= 0.6 is 11.3 Å². The topological polar surface area (TPSA) is 73.0 Å². The molecule has 0 fully saturated rings. The number of aliphatic imine (C=N–C) groups is 1. The van der Waals surface area contributed by atoms with Crippen LogP contribution in [0.15, 0.2) is 27.8 Å². The van der Waals surface area contributed by atoms with E-state index in [4.69, 9.17) is 10.2 Å². The summed E-state index contributed by atoms with van der Waals surface area (Å²) in [4.78, 5) is 18.8. The summed E-state index contributed by atoms with van der Waals surface area (Å²) < 4.78 is 5.21. The van der Waals surface area contributed by atoms with Crippen LogP contribution in [0.1, 0.15) is 26.6 Å². The number of carbonyl (C=O) groups is 1. The van der Waals surface area contributed by atoms with Gasteiger partial charge in [-0.1, -0.05) is 0 Å². The SMILES string of the molecule is C[NH+]1CCc2c(sc(N=Cc3ccco3)c2C(N)=O)C1. The molecule has 0 saturated heterocycles. The van der Waals surface area contributed by atoms with Crippen LogP contribution in [0.25, 0.3) is 0 Å². The fraction of sp³-hybridized carbons (Fsp3) is 0.286. The monoisotopic (exact) mass is 290 g/mol. The molecular weight excluding hydrogens is 274 g/mol. The highest BCUT2D eigenvalue weighted by Crippen LogP contribution is 2.36. The number of nitrogens with two attached hydrogens (primary N) is 1. The predicted molar refractivity (Wildman–Crippen MR) is 78.0 cm³/mol. The minimum absolute atomic E-state index is 0.395. The van der Waals surface area contributed by atoms with E-state index in [0.717, 1.165) is 25.1 Å². The van der Waals surface area contributed by atoms with Crippen molar-refractivity contribution in [3.8, 4) is 0 Å². The molecule has 20 heavy (non-hydrogen) atoms. The molecule has 0 aliphatic carbocycles. The summed E-state index contributed by atoms with van der Waals surface area (Å²) in [5.41, 5.74) is 7.20. The highest BCUT2D eigenvalue weighted by Gasteiger charge is 2.27. The van der Waals surface area contributed by atoms with E-state index in [1.807, 2.05) is 6.07 Å². The first kappa shape index (κ1) is 13.1. The number of fused-ring (bicyclic) bond motifs is 1. The lowest BCUT2D eigenvalue weighted by atomic mass is 10.0. The molecule has 0 saturated carbocycles. The summed E-state index contributed by atoms with van der Waals surface area (Å²) in [5, 5.41) is 0.689. The number of likely N-dealkylation sites (N-methyl/N-ethyl adjacent to an activating group) is 1. The molecule has 2 aromatic rings. The predicted octanol–water partition coefficient (Wildman–Crippen LogP) is 0.761. The Hall–Kier alpha value is -1.92. The van der Waals surface area contributed by atoms with Gasteiger partial charge in [0.1, 0.15) is 17.3 Å². The molecule has 1 aliphatic rings. The summed E-state index contributed by atoms with van der Waals surface area (Å²) in [6, 6.07) is 3.62.